The van der Waals surface area contributed by atoms with Crippen LogP contribution in [0.5, 0.6) is 0 Å². The molecule has 0 aromatic heterocycles. The Bertz CT molecular complexity index is 802. The summed E-state index contributed by atoms with van der Waals surface area (Å²) in [6.07, 6.45) is 12.3. The maximum Gasteiger partial charge on any atom is 0.408 e. The summed E-state index contributed by atoms with van der Waals surface area (Å²) in [5.41, 5.74) is -0.795. The fourth-order valence-electron chi connectivity index (χ4n) is 3.99. The molecule has 0 spiro atoms. The van der Waals surface area contributed by atoms with E-state index in [9.17, 15) is 24.0 Å². The first-order valence-electron chi connectivity index (χ1n) is 15.2. The lowest BCUT2D eigenvalue weighted by molar-refractivity contribution is -0.146. The van der Waals surface area contributed by atoms with Crippen molar-refractivity contribution in [3.63, 3.8) is 0 Å². The van der Waals surface area contributed by atoms with E-state index in [-0.39, 0.29) is 31.2 Å². The number of aliphatic carboxylic acids is 1. The van der Waals surface area contributed by atoms with Crippen LogP contribution in [0.1, 0.15) is 118 Å². The first kappa shape index (κ1) is 39.5. The van der Waals surface area contributed by atoms with Gasteiger partial charge >= 0.3 is 24.0 Å². The Kier molecular flexibility index (Phi) is 22.6. The van der Waals surface area contributed by atoms with Crippen LogP contribution in [0.25, 0.3) is 0 Å². The zero-order valence-corrected chi connectivity index (χ0v) is 27.1. The third-order valence-electron chi connectivity index (χ3n) is 6.22. The van der Waals surface area contributed by atoms with Crippen LogP contribution in [0.4, 0.5) is 4.79 Å². The van der Waals surface area contributed by atoms with Crippen molar-refractivity contribution in [1.82, 2.24) is 10.6 Å². The van der Waals surface area contributed by atoms with Gasteiger partial charge in [0, 0.05) is 24.3 Å². The number of hydrogen-bond donors (Lipinski definition) is 3. The van der Waals surface area contributed by atoms with Crippen LogP contribution in [0, 0.1) is 0 Å². The average Bonchev–Trinajstić information content (AvgIpc) is 2.91. The van der Waals surface area contributed by atoms with E-state index in [0.29, 0.717) is 12.2 Å². The summed E-state index contributed by atoms with van der Waals surface area (Å²) in [4.78, 5) is 60.3. The van der Waals surface area contributed by atoms with Crippen LogP contribution in [0.15, 0.2) is 0 Å². The number of carbonyl (C=O) groups excluding carboxylic acids is 4. The molecule has 3 N–H and O–H groups in total. The molecule has 0 rings (SSSR count). The van der Waals surface area contributed by atoms with Gasteiger partial charge < -0.3 is 30.0 Å². The van der Waals surface area contributed by atoms with E-state index < -0.39 is 41.6 Å². The lowest BCUT2D eigenvalue weighted by atomic mass is 10.1. The molecule has 244 valence electrons. The molecule has 0 fully saturated rings. The third kappa shape index (κ3) is 23.1. The number of rotatable bonds is 24. The first-order valence-corrected chi connectivity index (χ1v) is 16.4. The van der Waals surface area contributed by atoms with Crippen LogP contribution in [-0.4, -0.2) is 77.9 Å². The fraction of sp³-hybridized carbons (Fsp3) is 0.833. The van der Waals surface area contributed by atoms with Gasteiger partial charge in [0.25, 0.3) is 0 Å². The molecule has 2 amide bonds. The van der Waals surface area contributed by atoms with Gasteiger partial charge in [-0.25, -0.2) is 9.59 Å². The SMILES string of the molecule is CCCCCCCCCCCCCC(=O)OCCSC[C@H](NC(=O)OC(C)(C)C)C(=O)N[C@@H](CCC(=O)O)C(=O)OC. The molecule has 12 heteroatoms. The highest BCUT2D eigenvalue weighted by atomic mass is 32.2. The number of carboxylic acids is 1. The highest BCUT2D eigenvalue weighted by Crippen LogP contribution is 2.13. The van der Waals surface area contributed by atoms with Crippen molar-refractivity contribution in [2.45, 2.75) is 135 Å². The number of amides is 2. The molecule has 42 heavy (non-hydrogen) atoms. The van der Waals surface area contributed by atoms with Gasteiger partial charge in [0.15, 0.2) is 0 Å². The van der Waals surface area contributed by atoms with Crippen LogP contribution in [-0.2, 0) is 33.4 Å². The van der Waals surface area contributed by atoms with Crippen molar-refractivity contribution in [3.8, 4) is 0 Å². The molecule has 0 aliphatic heterocycles. The number of methoxy groups -OCH3 is 1. The van der Waals surface area contributed by atoms with Gasteiger partial charge in [-0.1, -0.05) is 71.1 Å². The number of carboxylic acid groups (broad SMARTS) is 1. The Morgan fingerprint density at radius 2 is 1.38 bits per heavy atom. The molecule has 11 nitrogen and oxygen atoms in total. The van der Waals surface area contributed by atoms with E-state index in [4.69, 9.17) is 14.6 Å². The minimum Gasteiger partial charge on any atom is -0.481 e. The van der Waals surface area contributed by atoms with Crippen LogP contribution < -0.4 is 10.6 Å². The molecule has 0 aliphatic carbocycles. The second-order valence-electron chi connectivity index (χ2n) is 11.3. The predicted molar refractivity (Wildman–Crippen MR) is 163 cm³/mol. The molecule has 0 bridgehead atoms. The Morgan fingerprint density at radius 1 is 0.810 bits per heavy atom. The summed E-state index contributed by atoms with van der Waals surface area (Å²) in [6.45, 7) is 7.43. The molecule has 0 aromatic rings. The minimum atomic E-state index is -1.19. The van der Waals surface area contributed by atoms with Gasteiger partial charge in [0.1, 0.15) is 24.3 Å². The Hall–Kier alpha value is -2.50. The number of thioether (sulfide) groups is 1. The van der Waals surface area contributed by atoms with Crippen LogP contribution >= 0.6 is 11.8 Å². The summed E-state index contributed by atoms with van der Waals surface area (Å²) in [5.74, 6) is -2.38. The lowest BCUT2D eigenvalue weighted by Gasteiger charge is -2.24. The van der Waals surface area contributed by atoms with Crippen LogP contribution in [0.3, 0.4) is 0 Å². The van der Waals surface area contributed by atoms with Gasteiger partial charge in [-0.3, -0.25) is 14.4 Å². The van der Waals surface area contributed by atoms with Crippen LogP contribution in [0.2, 0.25) is 0 Å². The van der Waals surface area contributed by atoms with Gasteiger partial charge in [-0.05, 0) is 33.6 Å². The normalized spacial score (nSPS) is 12.6. The topological polar surface area (TPSA) is 157 Å². The molecule has 2 atom stereocenters. The quantitative estimate of drug-likeness (QED) is 0.0729. The number of nitrogens with one attached hydrogen (secondary N) is 2. The number of ether oxygens (including phenoxy) is 3. The standard InChI is InChI=1S/C30H54N2O9S/c1-6-7-8-9-10-11-12-13-14-15-16-17-26(35)40-20-21-42-22-24(32-29(38)41-30(2,3)4)27(36)31-23(28(37)39-5)18-19-25(33)34/h23-24H,6-22H2,1-5H3,(H,31,36)(H,32,38)(H,33,34)/t23-,24-/m0/s1. The van der Waals surface area contributed by atoms with E-state index in [1.165, 1.54) is 63.1 Å². The van der Waals surface area contributed by atoms with Gasteiger partial charge in [-0.2, -0.15) is 11.8 Å². The summed E-state index contributed by atoms with van der Waals surface area (Å²) < 4.78 is 15.2. The Morgan fingerprint density at radius 3 is 1.90 bits per heavy atom. The van der Waals surface area contributed by atoms with E-state index in [1.807, 2.05) is 0 Å². The minimum absolute atomic E-state index is 0.105. The smallest absolute Gasteiger partial charge is 0.408 e. The summed E-state index contributed by atoms with van der Waals surface area (Å²) in [7, 11) is 1.13. The van der Waals surface area contributed by atoms with E-state index >= 15 is 0 Å². The highest BCUT2D eigenvalue weighted by molar-refractivity contribution is 7.99. The molecule has 0 radical (unpaired) electrons. The zero-order chi connectivity index (χ0) is 31.8. The molecule has 0 saturated heterocycles. The summed E-state index contributed by atoms with van der Waals surface area (Å²) in [5, 5.41) is 13.9. The number of hydrogen-bond acceptors (Lipinski definition) is 9. The Balaban J connectivity index is 4.51. The second kappa shape index (κ2) is 24.0. The van der Waals surface area contributed by atoms with Crippen molar-refractivity contribution >= 4 is 41.7 Å². The van der Waals surface area contributed by atoms with E-state index in [2.05, 4.69) is 22.3 Å². The highest BCUT2D eigenvalue weighted by Gasteiger charge is 2.29. The van der Waals surface area contributed by atoms with Gasteiger partial charge in [0.2, 0.25) is 5.91 Å². The number of alkyl carbamates (subject to hydrolysis) is 1. The van der Waals surface area contributed by atoms with Gasteiger partial charge in [0.05, 0.1) is 7.11 Å². The monoisotopic (exact) mass is 618 g/mol. The second-order valence-corrected chi connectivity index (χ2v) is 12.4. The van der Waals surface area contributed by atoms with Crippen molar-refractivity contribution in [2.24, 2.45) is 0 Å². The number of unbranched alkanes of at least 4 members (excludes halogenated alkanes) is 10. The van der Waals surface area contributed by atoms with Crippen molar-refractivity contribution < 1.29 is 43.3 Å². The zero-order valence-electron chi connectivity index (χ0n) is 26.3. The predicted octanol–water partition coefficient (Wildman–Crippen LogP) is 5.38. The van der Waals surface area contributed by atoms with E-state index in [0.717, 1.165) is 26.4 Å². The third-order valence-corrected chi connectivity index (χ3v) is 7.24. The molecule has 0 aromatic carbocycles. The summed E-state index contributed by atoms with van der Waals surface area (Å²) >= 11 is 1.28. The maximum atomic E-state index is 12.9. The van der Waals surface area contributed by atoms with Gasteiger partial charge in [-0.15, -0.1) is 0 Å². The molecule has 0 unspecified atom stereocenters. The molecular weight excluding hydrogens is 564 g/mol. The molecule has 0 saturated carbocycles. The number of esters is 2. The van der Waals surface area contributed by atoms with Crippen molar-refractivity contribution in [3.05, 3.63) is 0 Å². The van der Waals surface area contributed by atoms with Crippen molar-refractivity contribution in [1.29, 1.82) is 0 Å². The average molecular weight is 619 g/mol. The maximum absolute atomic E-state index is 12.9. The van der Waals surface area contributed by atoms with Crippen molar-refractivity contribution in [2.75, 3.05) is 25.2 Å². The first-order chi connectivity index (χ1) is 19.9. The molecular formula is C30H54N2O9S. The lowest BCUT2D eigenvalue weighted by Crippen LogP contribution is -2.53. The molecule has 0 aliphatic rings. The molecule has 0 heterocycles. The largest absolute Gasteiger partial charge is 0.481 e. The fourth-order valence-corrected chi connectivity index (χ4v) is 4.82. The van der Waals surface area contributed by atoms with E-state index in [1.54, 1.807) is 20.8 Å². The summed E-state index contributed by atoms with van der Waals surface area (Å²) in [6, 6.07) is -2.28. The Labute approximate surface area is 255 Å². The number of carbonyl (C=O) groups is 5.